The molecule has 0 saturated carbocycles. The van der Waals surface area contributed by atoms with E-state index in [1.807, 2.05) is 0 Å². The van der Waals surface area contributed by atoms with Crippen molar-refractivity contribution in [3.05, 3.63) is 0 Å². The second-order valence-corrected chi connectivity index (χ2v) is 8.19. The SMILES string of the molecule is CN=C(NCCCOC1CCOC1)NC[C@H]1CCCN1S(C)(=O)=O. The maximum atomic E-state index is 11.7. The Labute approximate surface area is 145 Å². The summed E-state index contributed by atoms with van der Waals surface area (Å²) < 4.78 is 36.0. The first kappa shape index (κ1) is 19.4. The average Bonchev–Trinajstić information content (AvgIpc) is 3.20. The van der Waals surface area contributed by atoms with Crippen molar-refractivity contribution in [1.82, 2.24) is 14.9 Å². The van der Waals surface area contributed by atoms with Crippen LogP contribution in [0, 0.1) is 0 Å². The topological polar surface area (TPSA) is 92.3 Å². The van der Waals surface area contributed by atoms with Gasteiger partial charge in [-0.15, -0.1) is 0 Å². The Balaban J connectivity index is 1.61. The molecule has 2 N–H and O–H groups in total. The van der Waals surface area contributed by atoms with Crippen molar-refractivity contribution in [3.8, 4) is 0 Å². The largest absolute Gasteiger partial charge is 0.379 e. The van der Waals surface area contributed by atoms with E-state index in [1.165, 1.54) is 6.26 Å². The summed E-state index contributed by atoms with van der Waals surface area (Å²) in [6.07, 6.45) is 5.17. The van der Waals surface area contributed by atoms with Gasteiger partial charge in [-0.25, -0.2) is 8.42 Å². The molecule has 0 aromatic rings. The molecule has 0 radical (unpaired) electrons. The third-order valence-corrected chi connectivity index (χ3v) is 5.67. The van der Waals surface area contributed by atoms with Gasteiger partial charge in [0.2, 0.25) is 10.0 Å². The molecule has 2 saturated heterocycles. The molecule has 0 spiro atoms. The lowest BCUT2D eigenvalue weighted by molar-refractivity contribution is 0.0420. The highest BCUT2D eigenvalue weighted by Crippen LogP contribution is 2.19. The number of aliphatic imine (C=N–C) groups is 1. The summed E-state index contributed by atoms with van der Waals surface area (Å²) in [5.74, 6) is 0.694. The van der Waals surface area contributed by atoms with Crippen LogP contribution in [0.1, 0.15) is 25.7 Å². The molecule has 0 amide bonds. The summed E-state index contributed by atoms with van der Waals surface area (Å²) in [4.78, 5) is 4.18. The third-order valence-electron chi connectivity index (χ3n) is 4.33. The van der Waals surface area contributed by atoms with Crippen LogP contribution in [0.3, 0.4) is 0 Å². The molecule has 24 heavy (non-hydrogen) atoms. The lowest BCUT2D eigenvalue weighted by atomic mass is 10.2. The predicted octanol–water partition coefficient (Wildman–Crippen LogP) is -0.229. The molecule has 8 nitrogen and oxygen atoms in total. The number of nitrogens with zero attached hydrogens (tertiary/aromatic N) is 2. The van der Waals surface area contributed by atoms with Crippen LogP contribution < -0.4 is 10.6 Å². The summed E-state index contributed by atoms with van der Waals surface area (Å²) >= 11 is 0. The summed E-state index contributed by atoms with van der Waals surface area (Å²) in [6.45, 7) is 4.14. The minimum Gasteiger partial charge on any atom is -0.379 e. The summed E-state index contributed by atoms with van der Waals surface area (Å²) in [5.41, 5.74) is 0. The molecule has 0 aromatic carbocycles. The number of guanidine groups is 1. The zero-order valence-corrected chi connectivity index (χ0v) is 15.5. The molecule has 2 fully saturated rings. The Morgan fingerprint density at radius 1 is 1.38 bits per heavy atom. The highest BCUT2D eigenvalue weighted by molar-refractivity contribution is 7.88. The Morgan fingerprint density at radius 2 is 2.21 bits per heavy atom. The molecule has 2 aliphatic heterocycles. The molecule has 2 atom stereocenters. The Morgan fingerprint density at radius 3 is 2.88 bits per heavy atom. The van der Waals surface area contributed by atoms with Crippen LogP contribution in [-0.2, 0) is 19.5 Å². The van der Waals surface area contributed by atoms with Crippen molar-refractivity contribution in [2.24, 2.45) is 4.99 Å². The standard InChI is InChI=1S/C15H30N4O4S/c1-16-15(17-7-4-9-23-14-6-10-22-12-14)18-11-13-5-3-8-19(13)24(2,20)21/h13-14H,3-12H2,1-2H3,(H2,16,17,18)/t13-,14?/m1/s1. The van der Waals surface area contributed by atoms with E-state index in [0.717, 1.165) is 38.8 Å². The van der Waals surface area contributed by atoms with Crippen LogP contribution in [0.25, 0.3) is 0 Å². The van der Waals surface area contributed by atoms with Gasteiger partial charge in [0, 0.05) is 45.9 Å². The van der Waals surface area contributed by atoms with E-state index in [-0.39, 0.29) is 12.1 Å². The summed E-state index contributed by atoms with van der Waals surface area (Å²) in [6, 6.07) is 0.00394. The lowest BCUT2D eigenvalue weighted by Crippen LogP contribution is -2.46. The zero-order valence-electron chi connectivity index (χ0n) is 14.7. The summed E-state index contributed by atoms with van der Waals surface area (Å²) in [7, 11) is -1.42. The van der Waals surface area contributed by atoms with E-state index in [1.54, 1.807) is 11.4 Å². The van der Waals surface area contributed by atoms with Gasteiger partial charge in [0.05, 0.1) is 19.0 Å². The third kappa shape index (κ3) is 6.19. The Hall–Kier alpha value is -0.900. The van der Waals surface area contributed by atoms with Gasteiger partial charge in [-0.05, 0) is 25.7 Å². The second kappa shape index (κ2) is 9.55. The van der Waals surface area contributed by atoms with Gasteiger partial charge in [0.1, 0.15) is 0 Å². The molecule has 0 aliphatic carbocycles. The van der Waals surface area contributed by atoms with Gasteiger partial charge in [0.15, 0.2) is 5.96 Å². The molecule has 9 heteroatoms. The number of nitrogens with one attached hydrogen (secondary N) is 2. The predicted molar refractivity (Wildman–Crippen MR) is 93.7 cm³/mol. The molecular weight excluding hydrogens is 332 g/mol. The number of hydrogen-bond donors (Lipinski definition) is 2. The van der Waals surface area contributed by atoms with Crippen LogP contribution >= 0.6 is 0 Å². The Bertz CT molecular complexity index is 506. The quantitative estimate of drug-likeness (QED) is 0.352. The minimum atomic E-state index is -3.13. The monoisotopic (exact) mass is 362 g/mol. The average molecular weight is 362 g/mol. The first-order chi connectivity index (χ1) is 11.5. The van der Waals surface area contributed by atoms with Crippen LogP contribution in [0.4, 0.5) is 0 Å². The number of hydrogen-bond acceptors (Lipinski definition) is 5. The van der Waals surface area contributed by atoms with Crippen molar-refractivity contribution in [3.63, 3.8) is 0 Å². The fraction of sp³-hybridized carbons (Fsp3) is 0.933. The highest BCUT2D eigenvalue weighted by atomic mass is 32.2. The van der Waals surface area contributed by atoms with Crippen molar-refractivity contribution in [2.75, 3.05) is 52.8 Å². The molecule has 140 valence electrons. The molecular formula is C15H30N4O4S. The van der Waals surface area contributed by atoms with Gasteiger partial charge in [-0.3, -0.25) is 4.99 Å². The molecule has 2 heterocycles. The molecule has 2 aliphatic rings. The van der Waals surface area contributed by atoms with Gasteiger partial charge in [-0.1, -0.05) is 0 Å². The fourth-order valence-corrected chi connectivity index (χ4v) is 4.24. The smallest absolute Gasteiger partial charge is 0.211 e. The van der Waals surface area contributed by atoms with Crippen LogP contribution in [0.2, 0.25) is 0 Å². The van der Waals surface area contributed by atoms with Gasteiger partial charge in [0.25, 0.3) is 0 Å². The van der Waals surface area contributed by atoms with Crippen LogP contribution in [-0.4, -0.2) is 83.6 Å². The zero-order chi connectivity index (χ0) is 17.4. The summed E-state index contributed by atoms with van der Waals surface area (Å²) in [5, 5.41) is 6.45. The van der Waals surface area contributed by atoms with Crippen molar-refractivity contribution >= 4 is 16.0 Å². The maximum Gasteiger partial charge on any atom is 0.211 e. The molecule has 1 unspecified atom stereocenters. The van der Waals surface area contributed by atoms with Crippen LogP contribution in [0.15, 0.2) is 4.99 Å². The lowest BCUT2D eigenvalue weighted by Gasteiger charge is -2.23. The first-order valence-electron chi connectivity index (χ1n) is 8.61. The first-order valence-corrected chi connectivity index (χ1v) is 10.5. The van der Waals surface area contributed by atoms with Crippen LogP contribution in [0.5, 0.6) is 0 Å². The second-order valence-electron chi connectivity index (χ2n) is 6.26. The highest BCUT2D eigenvalue weighted by Gasteiger charge is 2.31. The van der Waals surface area contributed by atoms with E-state index < -0.39 is 10.0 Å². The number of sulfonamides is 1. The van der Waals surface area contributed by atoms with E-state index in [9.17, 15) is 8.42 Å². The van der Waals surface area contributed by atoms with Gasteiger partial charge in [-0.2, -0.15) is 4.31 Å². The van der Waals surface area contributed by atoms with Crippen molar-refractivity contribution in [1.29, 1.82) is 0 Å². The number of rotatable bonds is 8. The van der Waals surface area contributed by atoms with E-state index >= 15 is 0 Å². The normalized spacial score (nSPS) is 26.0. The van der Waals surface area contributed by atoms with Crippen molar-refractivity contribution < 1.29 is 17.9 Å². The maximum absolute atomic E-state index is 11.7. The van der Waals surface area contributed by atoms with E-state index in [2.05, 4.69) is 15.6 Å². The van der Waals surface area contributed by atoms with E-state index in [4.69, 9.17) is 9.47 Å². The minimum absolute atomic E-state index is 0.00394. The molecule has 0 bridgehead atoms. The number of ether oxygens (including phenoxy) is 2. The van der Waals surface area contributed by atoms with Crippen molar-refractivity contribution in [2.45, 2.75) is 37.8 Å². The van der Waals surface area contributed by atoms with Gasteiger partial charge >= 0.3 is 0 Å². The molecule has 0 aromatic heterocycles. The molecule has 2 rings (SSSR count). The van der Waals surface area contributed by atoms with Gasteiger partial charge < -0.3 is 20.1 Å². The Kier molecular flexibility index (Phi) is 7.73. The fourth-order valence-electron chi connectivity index (χ4n) is 3.06. The van der Waals surface area contributed by atoms with E-state index in [0.29, 0.717) is 32.3 Å².